The zero-order valence-electron chi connectivity index (χ0n) is 14.4. The lowest BCUT2D eigenvalue weighted by Crippen LogP contribution is -2.36. The Morgan fingerprint density at radius 1 is 1.00 bits per heavy atom. The van der Waals surface area contributed by atoms with Crippen LogP contribution in [0.5, 0.6) is 0 Å². The fourth-order valence-corrected chi connectivity index (χ4v) is 2.64. The Morgan fingerprint density at radius 3 is 2.36 bits per heavy atom. The van der Waals surface area contributed by atoms with Crippen LogP contribution in [0.3, 0.4) is 0 Å². The Kier molecular flexibility index (Phi) is 6.98. The van der Waals surface area contributed by atoms with Crippen LogP contribution in [-0.2, 0) is 16.0 Å². The molecule has 2 N–H and O–H groups in total. The summed E-state index contributed by atoms with van der Waals surface area (Å²) in [6.45, 7) is 2.27. The molecule has 25 heavy (non-hydrogen) atoms. The zero-order valence-corrected chi connectivity index (χ0v) is 15.1. The van der Waals surface area contributed by atoms with Crippen LogP contribution < -0.4 is 10.6 Å². The van der Waals surface area contributed by atoms with Gasteiger partial charge in [0.2, 0.25) is 11.8 Å². The van der Waals surface area contributed by atoms with E-state index in [2.05, 4.69) is 10.6 Å². The summed E-state index contributed by atoms with van der Waals surface area (Å²) in [5, 5.41) is 6.21. The lowest BCUT2D eigenvalue weighted by molar-refractivity contribution is -0.119. The number of anilines is 2. The number of carbonyl (C=O) groups excluding carboxylic acids is 2. The number of hydrogen-bond donors (Lipinski definition) is 2. The van der Waals surface area contributed by atoms with Crippen molar-refractivity contribution in [3.8, 4) is 0 Å². The second-order valence-electron chi connectivity index (χ2n) is 5.79. The van der Waals surface area contributed by atoms with Crippen molar-refractivity contribution in [1.82, 2.24) is 4.90 Å². The van der Waals surface area contributed by atoms with Crippen LogP contribution in [0.4, 0.5) is 11.4 Å². The predicted molar refractivity (Wildman–Crippen MR) is 102 cm³/mol. The van der Waals surface area contributed by atoms with E-state index < -0.39 is 0 Å². The van der Waals surface area contributed by atoms with Crippen molar-refractivity contribution in [3.05, 3.63) is 59.1 Å². The van der Waals surface area contributed by atoms with Crippen LogP contribution in [0.25, 0.3) is 0 Å². The maximum Gasteiger partial charge on any atom is 0.238 e. The first-order valence-corrected chi connectivity index (χ1v) is 8.47. The molecule has 2 aromatic carbocycles. The van der Waals surface area contributed by atoms with Gasteiger partial charge in [0.1, 0.15) is 0 Å². The fraction of sp³-hybridized carbons (Fsp3) is 0.263. The number of aryl methyl sites for hydroxylation is 1. The summed E-state index contributed by atoms with van der Waals surface area (Å²) in [5.41, 5.74) is 2.52. The molecule has 6 heteroatoms. The van der Waals surface area contributed by atoms with Gasteiger partial charge < -0.3 is 10.6 Å². The van der Waals surface area contributed by atoms with Crippen LogP contribution >= 0.6 is 11.6 Å². The summed E-state index contributed by atoms with van der Waals surface area (Å²) >= 11 is 5.89. The Balaban J connectivity index is 1.83. The van der Waals surface area contributed by atoms with E-state index in [1.165, 1.54) is 0 Å². The van der Waals surface area contributed by atoms with Crippen LogP contribution in [-0.4, -0.2) is 36.9 Å². The molecule has 0 unspecified atom stereocenters. The van der Waals surface area contributed by atoms with Crippen molar-refractivity contribution in [3.63, 3.8) is 0 Å². The van der Waals surface area contributed by atoms with E-state index in [1.54, 1.807) is 36.2 Å². The van der Waals surface area contributed by atoms with Crippen molar-refractivity contribution in [2.45, 2.75) is 13.3 Å². The molecule has 2 rings (SSSR count). The number of hydrogen-bond acceptors (Lipinski definition) is 3. The van der Waals surface area contributed by atoms with Crippen molar-refractivity contribution < 1.29 is 9.59 Å². The van der Waals surface area contributed by atoms with Gasteiger partial charge in [0, 0.05) is 16.4 Å². The van der Waals surface area contributed by atoms with Gasteiger partial charge in [-0.25, -0.2) is 0 Å². The summed E-state index contributed by atoms with van der Waals surface area (Å²) in [7, 11) is 1.73. The molecule has 0 fully saturated rings. The third-order valence-electron chi connectivity index (χ3n) is 3.61. The SMILES string of the molecule is CCc1ccccc1NC(=O)CN(C)CC(=O)Nc1cccc(Cl)c1. The molecule has 0 saturated carbocycles. The lowest BCUT2D eigenvalue weighted by Gasteiger charge is -2.17. The summed E-state index contributed by atoms with van der Waals surface area (Å²) in [4.78, 5) is 25.9. The van der Waals surface area contributed by atoms with Gasteiger partial charge in [0.15, 0.2) is 0 Å². The zero-order chi connectivity index (χ0) is 18.2. The van der Waals surface area contributed by atoms with Gasteiger partial charge in [-0.1, -0.05) is 42.8 Å². The van der Waals surface area contributed by atoms with E-state index in [0.717, 1.165) is 17.7 Å². The number of carbonyl (C=O) groups is 2. The number of likely N-dealkylation sites (N-methyl/N-ethyl adjacent to an activating group) is 1. The van der Waals surface area contributed by atoms with Crippen molar-refractivity contribution in [2.75, 3.05) is 30.8 Å². The third-order valence-corrected chi connectivity index (χ3v) is 3.84. The Morgan fingerprint density at radius 2 is 1.68 bits per heavy atom. The Bertz CT molecular complexity index is 749. The monoisotopic (exact) mass is 359 g/mol. The van der Waals surface area contributed by atoms with Gasteiger partial charge >= 0.3 is 0 Å². The number of benzene rings is 2. The highest BCUT2D eigenvalue weighted by molar-refractivity contribution is 6.30. The van der Waals surface area contributed by atoms with Gasteiger partial charge in [-0.05, 0) is 43.3 Å². The van der Waals surface area contributed by atoms with Crippen LogP contribution in [0.15, 0.2) is 48.5 Å². The quantitative estimate of drug-likeness (QED) is 0.796. The minimum atomic E-state index is -0.202. The smallest absolute Gasteiger partial charge is 0.238 e. The number of halogens is 1. The first-order valence-electron chi connectivity index (χ1n) is 8.09. The van der Waals surface area contributed by atoms with E-state index in [4.69, 9.17) is 11.6 Å². The molecule has 0 aromatic heterocycles. The summed E-state index contributed by atoms with van der Waals surface area (Å²) in [6, 6.07) is 14.6. The van der Waals surface area contributed by atoms with E-state index in [0.29, 0.717) is 10.7 Å². The second kappa shape index (κ2) is 9.20. The number of rotatable bonds is 7. The normalized spacial score (nSPS) is 10.6. The van der Waals surface area contributed by atoms with Gasteiger partial charge in [-0.3, -0.25) is 14.5 Å². The molecule has 0 saturated heterocycles. The molecule has 0 aliphatic carbocycles. The highest BCUT2D eigenvalue weighted by Crippen LogP contribution is 2.16. The number of para-hydroxylation sites is 1. The van der Waals surface area contributed by atoms with Crippen molar-refractivity contribution in [1.29, 1.82) is 0 Å². The molecule has 2 aromatic rings. The minimum absolute atomic E-state index is 0.107. The molecule has 0 spiro atoms. The summed E-state index contributed by atoms with van der Waals surface area (Å²) in [6.07, 6.45) is 0.842. The highest BCUT2D eigenvalue weighted by Gasteiger charge is 2.12. The predicted octanol–water partition coefficient (Wildman–Crippen LogP) is 3.41. The molecule has 0 radical (unpaired) electrons. The molecule has 0 aliphatic heterocycles. The third kappa shape index (κ3) is 6.21. The largest absolute Gasteiger partial charge is 0.325 e. The summed E-state index contributed by atoms with van der Waals surface area (Å²) in [5.74, 6) is -0.356. The van der Waals surface area contributed by atoms with E-state index in [-0.39, 0.29) is 24.9 Å². The Labute approximate surface area is 153 Å². The standard InChI is InChI=1S/C19H22ClN3O2/c1-3-14-7-4-5-10-17(14)22-19(25)13-23(2)12-18(24)21-16-9-6-8-15(20)11-16/h4-11H,3,12-13H2,1-2H3,(H,21,24)(H,22,25). The van der Waals surface area contributed by atoms with Gasteiger partial charge in [-0.15, -0.1) is 0 Å². The van der Waals surface area contributed by atoms with Crippen LogP contribution in [0.1, 0.15) is 12.5 Å². The highest BCUT2D eigenvalue weighted by atomic mass is 35.5. The molecule has 0 heterocycles. The lowest BCUT2D eigenvalue weighted by atomic mass is 10.1. The average molecular weight is 360 g/mol. The average Bonchev–Trinajstić information content (AvgIpc) is 2.54. The van der Waals surface area contributed by atoms with Crippen LogP contribution in [0, 0.1) is 0 Å². The van der Waals surface area contributed by atoms with Crippen LogP contribution in [0.2, 0.25) is 5.02 Å². The first kappa shape index (κ1) is 19.0. The van der Waals surface area contributed by atoms with E-state index in [1.807, 2.05) is 31.2 Å². The molecule has 0 aliphatic rings. The first-order chi connectivity index (χ1) is 12.0. The van der Waals surface area contributed by atoms with Gasteiger partial charge in [-0.2, -0.15) is 0 Å². The molecule has 0 bridgehead atoms. The number of amides is 2. The second-order valence-corrected chi connectivity index (χ2v) is 6.23. The molecule has 132 valence electrons. The van der Waals surface area contributed by atoms with Gasteiger partial charge in [0.05, 0.1) is 13.1 Å². The Hall–Kier alpha value is -2.37. The topological polar surface area (TPSA) is 61.4 Å². The van der Waals surface area contributed by atoms with Gasteiger partial charge in [0.25, 0.3) is 0 Å². The maximum absolute atomic E-state index is 12.2. The summed E-state index contributed by atoms with van der Waals surface area (Å²) < 4.78 is 0. The van der Waals surface area contributed by atoms with Crippen molar-refractivity contribution in [2.24, 2.45) is 0 Å². The minimum Gasteiger partial charge on any atom is -0.325 e. The maximum atomic E-state index is 12.2. The number of nitrogens with one attached hydrogen (secondary N) is 2. The molecular formula is C19H22ClN3O2. The molecule has 2 amide bonds. The fourth-order valence-electron chi connectivity index (χ4n) is 2.45. The molecule has 5 nitrogen and oxygen atoms in total. The number of nitrogens with zero attached hydrogens (tertiary/aromatic N) is 1. The van der Waals surface area contributed by atoms with E-state index >= 15 is 0 Å². The van der Waals surface area contributed by atoms with E-state index in [9.17, 15) is 9.59 Å². The van der Waals surface area contributed by atoms with Crippen molar-refractivity contribution >= 4 is 34.8 Å². The molecule has 0 atom stereocenters. The molecular weight excluding hydrogens is 338 g/mol.